The summed E-state index contributed by atoms with van der Waals surface area (Å²) in [6.45, 7) is 3.53. The van der Waals surface area contributed by atoms with Crippen molar-refractivity contribution in [3.63, 3.8) is 0 Å². The number of para-hydroxylation sites is 1. The standard InChI is InChI=1S/C25H23N3O4S/c1-17-13-18(2)15-19(14-17)28(11-6-10-26)23(29)16-32-25(31)20-7-3-4-8-21(20)27-24(30)22-9-5-12-33-22/h3-5,7-9,12-15H,6,11,16H2,1-2H3,(H,27,30). The largest absolute Gasteiger partial charge is 0.452 e. The number of hydrogen-bond acceptors (Lipinski definition) is 6. The maximum Gasteiger partial charge on any atom is 0.340 e. The second kappa shape index (κ2) is 11.1. The Morgan fingerprint density at radius 3 is 2.45 bits per heavy atom. The zero-order chi connectivity index (χ0) is 23.8. The van der Waals surface area contributed by atoms with Crippen LogP contribution in [0, 0.1) is 25.2 Å². The van der Waals surface area contributed by atoms with Crippen LogP contribution in [-0.4, -0.2) is 30.9 Å². The first-order valence-electron chi connectivity index (χ1n) is 10.3. The number of anilines is 2. The van der Waals surface area contributed by atoms with Gasteiger partial charge in [-0.25, -0.2) is 4.79 Å². The van der Waals surface area contributed by atoms with Gasteiger partial charge in [0.05, 0.1) is 28.6 Å². The van der Waals surface area contributed by atoms with Crippen LogP contribution in [0.4, 0.5) is 11.4 Å². The van der Waals surface area contributed by atoms with E-state index in [-0.39, 0.29) is 24.4 Å². The van der Waals surface area contributed by atoms with Gasteiger partial charge in [-0.05, 0) is 60.7 Å². The maximum absolute atomic E-state index is 12.9. The fourth-order valence-electron chi connectivity index (χ4n) is 3.31. The Hall–Kier alpha value is -3.96. The van der Waals surface area contributed by atoms with E-state index < -0.39 is 18.5 Å². The van der Waals surface area contributed by atoms with E-state index in [1.165, 1.54) is 22.3 Å². The van der Waals surface area contributed by atoms with Crippen LogP contribution in [-0.2, 0) is 9.53 Å². The van der Waals surface area contributed by atoms with E-state index in [1.54, 1.807) is 35.7 Å². The number of amides is 2. The average molecular weight is 462 g/mol. The number of carbonyl (C=O) groups excluding carboxylic acids is 3. The molecule has 0 fully saturated rings. The highest BCUT2D eigenvalue weighted by molar-refractivity contribution is 7.12. The number of rotatable bonds is 8. The van der Waals surface area contributed by atoms with Gasteiger partial charge in [0, 0.05) is 12.2 Å². The van der Waals surface area contributed by atoms with Crippen LogP contribution in [0.5, 0.6) is 0 Å². The predicted molar refractivity (Wildman–Crippen MR) is 127 cm³/mol. The minimum absolute atomic E-state index is 0.143. The van der Waals surface area contributed by atoms with E-state index in [9.17, 15) is 14.4 Å². The minimum atomic E-state index is -0.730. The van der Waals surface area contributed by atoms with Crippen LogP contribution in [0.2, 0.25) is 0 Å². The number of aryl methyl sites for hydroxylation is 2. The molecule has 0 saturated heterocycles. The van der Waals surface area contributed by atoms with Crippen molar-refractivity contribution in [1.82, 2.24) is 0 Å². The second-order valence-corrected chi connectivity index (χ2v) is 8.30. The number of nitrogens with one attached hydrogen (secondary N) is 1. The van der Waals surface area contributed by atoms with Gasteiger partial charge in [0.25, 0.3) is 11.8 Å². The van der Waals surface area contributed by atoms with Crippen molar-refractivity contribution < 1.29 is 19.1 Å². The van der Waals surface area contributed by atoms with Crippen molar-refractivity contribution in [2.75, 3.05) is 23.4 Å². The fourth-order valence-corrected chi connectivity index (χ4v) is 3.93. The first-order valence-corrected chi connectivity index (χ1v) is 11.1. The maximum atomic E-state index is 12.9. The first-order chi connectivity index (χ1) is 15.9. The fraction of sp³-hybridized carbons (Fsp3) is 0.200. The molecule has 0 aliphatic heterocycles. The average Bonchev–Trinajstić information content (AvgIpc) is 3.33. The topological polar surface area (TPSA) is 99.5 Å². The molecule has 1 heterocycles. The van der Waals surface area contributed by atoms with Crippen LogP contribution in [0.3, 0.4) is 0 Å². The van der Waals surface area contributed by atoms with E-state index >= 15 is 0 Å². The van der Waals surface area contributed by atoms with E-state index in [2.05, 4.69) is 5.32 Å². The number of nitrogens with zero attached hydrogens (tertiary/aromatic N) is 2. The van der Waals surface area contributed by atoms with Crippen molar-refractivity contribution in [3.05, 3.63) is 81.5 Å². The minimum Gasteiger partial charge on any atom is -0.452 e. The zero-order valence-electron chi connectivity index (χ0n) is 18.3. The molecule has 2 aromatic carbocycles. The molecule has 0 aliphatic carbocycles. The van der Waals surface area contributed by atoms with Gasteiger partial charge in [0.1, 0.15) is 0 Å². The van der Waals surface area contributed by atoms with Gasteiger partial charge in [0.15, 0.2) is 6.61 Å². The Balaban J connectivity index is 1.72. The van der Waals surface area contributed by atoms with E-state index in [0.29, 0.717) is 16.3 Å². The Morgan fingerprint density at radius 1 is 1.06 bits per heavy atom. The summed E-state index contributed by atoms with van der Waals surface area (Å²) >= 11 is 1.29. The van der Waals surface area contributed by atoms with Crippen molar-refractivity contribution in [2.24, 2.45) is 0 Å². The summed E-state index contributed by atoms with van der Waals surface area (Å²) in [4.78, 5) is 40.0. The number of hydrogen-bond donors (Lipinski definition) is 1. The molecule has 168 valence electrons. The lowest BCUT2D eigenvalue weighted by molar-refractivity contribution is -0.121. The Labute approximate surface area is 196 Å². The van der Waals surface area contributed by atoms with E-state index in [0.717, 1.165) is 11.1 Å². The summed E-state index contributed by atoms with van der Waals surface area (Å²) in [7, 11) is 0. The molecule has 2 amide bonds. The van der Waals surface area contributed by atoms with Crippen molar-refractivity contribution in [1.29, 1.82) is 5.26 Å². The third kappa shape index (κ3) is 6.28. The summed E-state index contributed by atoms with van der Waals surface area (Å²) in [5, 5.41) is 13.5. The number of carbonyl (C=O) groups is 3. The molecule has 0 radical (unpaired) electrons. The lowest BCUT2D eigenvalue weighted by Crippen LogP contribution is -2.35. The Kier molecular flexibility index (Phi) is 7.95. The molecule has 0 spiro atoms. The highest BCUT2D eigenvalue weighted by Gasteiger charge is 2.21. The quantitative estimate of drug-likeness (QED) is 0.489. The Morgan fingerprint density at radius 2 is 1.79 bits per heavy atom. The third-order valence-electron chi connectivity index (χ3n) is 4.73. The summed E-state index contributed by atoms with van der Waals surface area (Å²) in [5.74, 6) is -1.51. The lowest BCUT2D eigenvalue weighted by atomic mass is 10.1. The first kappa shape index (κ1) is 23.7. The Bertz CT molecular complexity index is 1180. The van der Waals surface area contributed by atoms with Crippen LogP contribution in [0.25, 0.3) is 0 Å². The summed E-state index contributed by atoms with van der Waals surface area (Å²) in [6.07, 6.45) is 0.143. The van der Waals surface area contributed by atoms with Crippen LogP contribution < -0.4 is 10.2 Å². The second-order valence-electron chi connectivity index (χ2n) is 7.35. The molecule has 0 bridgehead atoms. The molecule has 7 nitrogen and oxygen atoms in total. The summed E-state index contributed by atoms with van der Waals surface area (Å²) < 4.78 is 5.28. The number of ether oxygens (including phenoxy) is 1. The summed E-state index contributed by atoms with van der Waals surface area (Å²) in [5.41, 5.74) is 3.04. The van der Waals surface area contributed by atoms with Crippen LogP contribution in [0.1, 0.15) is 37.6 Å². The molecule has 8 heteroatoms. The highest BCUT2D eigenvalue weighted by atomic mass is 32.1. The molecule has 0 saturated carbocycles. The monoisotopic (exact) mass is 461 g/mol. The number of benzene rings is 2. The van der Waals surface area contributed by atoms with E-state index in [4.69, 9.17) is 10.00 Å². The van der Waals surface area contributed by atoms with Gasteiger partial charge in [-0.15, -0.1) is 11.3 Å². The number of thiophene rings is 1. The lowest BCUT2D eigenvalue weighted by Gasteiger charge is -2.23. The van der Waals surface area contributed by atoms with Crippen molar-refractivity contribution in [3.8, 4) is 6.07 Å². The highest BCUT2D eigenvalue weighted by Crippen LogP contribution is 2.21. The molecular formula is C25H23N3O4S. The molecule has 1 aromatic heterocycles. The van der Waals surface area contributed by atoms with Gasteiger partial charge in [-0.2, -0.15) is 5.26 Å². The number of nitriles is 1. The van der Waals surface area contributed by atoms with Gasteiger partial charge in [0.2, 0.25) is 0 Å². The van der Waals surface area contributed by atoms with Crippen molar-refractivity contribution in [2.45, 2.75) is 20.3 Å². The smallest absolute Gasteiger partial charge is 0.340 e. The molecule has 1 N–H and O–H groups in total. The normalized spacial score (nSPS) is 10.2. The molecule has 3 aromatic rings. The van der Waals surface area contributed by atoms with Gasteiger partial charge in [-0.1, -0.05) is 24.3 Å². The van der Waals surface area contributed by atoms with Crippen LogP contribution in [0.15, 0.2) is 60.0 Å². The van der Waals surface area contributed by atoms with E-state index in [1.807, 2.05) is 38.1 Å². The summed E-state index contributed by atoms with van der Waals surface area (Å²) in [6, 6.07) is 17.6. The molecule has 3 rings (SSSR count). The third-order valence-corrected chi connectivity index (χ3v) is 5.60. The van der Waals surface area contributed by atoms with Gasteiger partial charge >= 0.3 is 5.97 Å². The van der Waals surface area contributed by atoms with Crippen LogP contribution >= 0.6 is 11.3 Å². The molecule has 0 aliphatic rings. The number of esters is 1. The molecule has 33 heavy (non-hydrogen) atoms. The predicted octanol–water partition coefficient (Wildman–Crippen LogP) is 4.72. The van der Waals surface area contributed by atoms with Gasteiger partial charge < -0.3 is 15.0 Å². The molecular weight excluding hydrogens is 438 g/mol. The van der Waals surface area contributed by atoms with Gasteiger partial charge in [-0.3, -0.25) is 9.59 Å². The SMILES string of the molecule is Cc1cc(C)cc(N(CCC#N)C(=O)COC(=O)c2ccccc2NC(=O)c2cccs2)c1. The van der Waals surface area contributed by atoms with Crippen molar-refractivity contribution >= 4 is 40.5 Å². The zero-order valence-corrected chi connectivity index (χ0v) is 19.1. The molecule has 0 unspecified atom stereocenters. The molecule has 0 atom stereocenters.